The first-order valence-corrected chi connectivity index (χ1v) is 7.23. The van der Waals surface area contributed by atoms with Crippen LogP contribution in [0.15, 0.2) is 51.9 Å². The number of rotatable bonds is 3. The molecule has 0 atom stereocenters. The minimum absolute atomic E-state index is 0.126. The number of furan rings is 1. The Bertz CT molecular complexity index is 980. The summed E-state index contributed by atoms with van der Waals surface area (Å²) in [5, 5.41) is 9.43. The van der Waals surface area contributed by atoms with Gasteiger partial charge >= 0.3 is 0 Å². The average molecular weight is 313 g/mol. The van der Waals surface area contributed by atoms with E-state index in [4.69, 9.17) is 4.42 Å². The molecular weight excluding hydrogens is 302 g/mol. The molecule has 0 aliphatic heterocycles. The molecule has 0 aliphatic rings. The van der Waals surface area contributed by atoms with Crippen LogP contribution < -0.4 is 14.8 Å². The minimum Gasteiger partial charge on any atom is -0.508 e. The second kappa shape index (κ2) is 5.87. The van der Waals surface area contributed by atoms with E-state index < -0.39 is 0 Å². The molecule has 1 aromatic carbocycles. The van der Waals surface area contributed by atoms with Crippen LogP contribution in [0.4, 0.5) is 0 Å². The Labute approximate surface area is 128 Å². The zero-order valence-corrected chi connectivity index (χ0v) is 12.1. The summed E-state index contributed by atoms with van der Waals surface area (Å²) in [5.74, 6) is 0.0284. The highest BCUT2D eigenvalue weighted by Gasteiger charge is 2.05. The molecule has 6 heteroatoms. The predicted octanol–water partition coefficient (Wildman–Crippen LogP) is 1.23. The van der Waals surface area contributed by atoms with Crippen molar-refractivity contribution in [1.82, 2.24) is 4.98 Å². The number of hydrogen-bond acceptors (Lipinski definition) is 5. The van der Waals surface area contributed by atoms with Crippen LogP contribution in [0.5, 0.6) is 5.75 Å². The van der Waals surface area contributed by atoms with Gasteiger partial charge in [0.1, 0.15) is 5.75 Å². The molecule has 3 aromatic rings. The SMILES string of the molecule is O=C(C=c1[nH]c(=O)c(=Cc2cccc(O)c2)s1)c1ccco1. The molecule has 0 unspecified atom stereocenters. The molecule has 22 heavy (non-hydrogen) atoms. The minimum atomic E-state index is -0.314. The predicted molar refractivity (Wildman–Crippen MR) is 83.4 cm³/mol. The summed E-state index contributed by atoms with van der Waals surface area (Å²) >= 11 is 1.16. The van der Waals surface area contributed by atoms with Crippen molar-refractivity contribution in [3.63, 3.8) is 0 Å². The lowest BCUT2D eigenvalue weighted by Crippen LogP contribution is -2.19. The first kappa shape index (κ1) is 14.1. The molecule has 0 saturated carbocycles. The number of H-pyrrole nitrogens is 1. The number of benzene rings is 1. The number of carbonyl (C=O) groups excluding carboxylic acids is 1. The van der Waals surface area contributed by atoms with Crippen molar-refractivity contribution in [1.29, 1.82) is 0 Å². The molecule has 5 nitrogen and oxygen atoms in total. The van der Waals surface area contributed by atoms with Crippen LogP contribution in [0.3, 0.4) is 0 Å². The lowest BCUT2D eigenvalue weighted by Gasteiger charge is -1.92. The molecule has 0 saturated heterocycles. The molecule has 2 heterocycles. The van der Waals surface area contributed by atoms with E-state index in [2.05, 4.69) is 4.98 Å². The highest BCUT2D eigenvalue weighted by Crippen LogP contribution is 2.10. The molecule has 0 aliphatic carbocycles. The molecule has 2 N–H and O–H groups in total. The fourth-order valence-electron chi connectivity index (χ4n) is 1.90. The summed E-state index contributed by atoms with van der Waals surface area (Å²) < 4.78 is 5.90. The maximum Gasteiger partial charge on any atom is 0.266 e. The van der Waals surface area contributed by atoms with Crippen LogP contribution in [-0.4, -0.2) is 15.9 Å². The van der Waals surface area contributed by atoms with E-state index in [1.807, 2.05) is 0 Å². The summed E-state index contributed by atoms with van der Waals surface area (Å²) in [5.41, 5.74) is 0.420. The van der Waals surface area contributed by atoms with Gasteiger partial charge in [0.15, 0.2) is 5.76 Å². The van der Waals surface area contributed by atoms with E-state index in [-0.39, 0.29) is 22.9 Å². The molecule has 2 aromatic heterocycles. The van der Waals surface area contributed by atoms with Gasteiger partial charge in [0, 0.05) is 6.08 Å². The van der Waals surface area contributed by atoms with Gasteiger partial charge in [-0.3, -0.25) is 9.59 Å². The van der Waals surface area contributed by atoms with Gasteiger partial charge in [-0.2, -0.15) is 0 Å². The lowest BCUT2D eigenvalue weighted by atomic mass is 10.2. The first-order chi connectivity index (χ1) is 10.6. The Kier molecular flexibility index (Phi) is 3.76. The fourth-order valence-corrected chi connectivity index (χ4v) is 2.78. The monoisotopic (exact) mass is 313 g/mol. The van der Waals surface area contributed by atoms with Gasteiger partial charge in [0.25, 0.3) is 5.56 Å². The van der Waals surface area contributed by atoms with E-state index >= 15 is 0 Å². The number of hydrogen-bond donors (Lipinski definition) is 2. The average Bonchev–Trinajstić information content (AvgIpc) is 3.10. The number of phenolic OH excluding ortho intramolecular Hbond substituents is 1. The number of Topliss-reactive ketones (excluding diaryl/α,β-unsaturated/α-hetero) is 1. The second-order valence-electron chi connectivity index (χ2n) is 4.51. The summed E-state index contributed by atoms with van der Waals surface area (Å²) in [6.07, 6.45) is 4.39. The summed E-state index contributed by atoms with van der Waals surface area (Å²) in [6, 6.07) is 9.75. The van der Waals surface area contributed by atoms with Crippen molar-refractivity contribution in [3.8, 4) is 5.75 Å². The number of thiazole rings is 1. The second-order valence-corrected chi connectivity index (χ2v) is 5.59. The quantitative estimate of drug-likeness (QED) is 0.712. The van der Waals surface area contributed by atoms with Crippen molar-refractivity contribution in [2.24, 2.45) is 0 Å². The largest absolute Gasteiger partial charge is 0.508 e. The zero-order chi connectivity index (χ0) is 15.5. The Morgan fingerprint density at radius 3 is 2.86 bits per heavy atom. The molecule has 110 valence electrons. The van der Waals surface area contributed by atoms with Crippen LogP contribution in [0.2, 0.25) is 0 Å². The number of aromatic amines is 1. The number of aromatic nitrogens is 1. The number of ketones is 1. The maximum absolute atomic E-state index is 11.9. The van der Waals surface area contributed by atoms with Crippen LogP contribution in [0, 0.1) is 0 Å². The van der Waals surface area contributed by atoms with Gasteiger partial charge in [0.2, 0.25) is 5.78 Å². The molecule has 0 fully saturated rings. The van der Waals surface area contributed by atoms with Gasteiger partial charge in [0.05, 0.1) is 15.5 Å². The number of aromatic hydroxyl groups is 1. The van der Waals surface area contributed by atoms with Crippen LogP contribution in [-0.2, 0) is 0 Å². The van der Waals surface area contributed by atoms with Crippen molar-refractivity contribution >= 4 is 29.3 Å². The maximum atomic E-state index is 11.9. The van der Waals surface area contributed by atoms with Crippen LogP contribution in [0.25, 0.3) is 12.2 Å². The molecule has 0 bridgehead atoms. The molecule has 0 radical (unpaired) electrons. The van der Waals surface area contributed by atoms with Crippen LogP contribution in [0.1, 0.15) is 16.1 Å². The van der Waals surface area contributed by atoms with E-state index in [1.165, 1.54) is 12.3 Å². The third kappa shape index (κ3) is 3.07. The Morgan fingerprint density at radius 1 is 1.27 bits per heavy atom. The van der Waals surface area contributed by atoms with Crippen molar-refractivity contribution in [3.05, 3.63) is 73.5 Å². The molecule has 0 spiro atoms. The van der Waals surface area contributed by atoms with E-state index in [1.54, 1.807) is 42.5 Å². The number of carbonyl (C=O) groups is 1. The molecule has 3 rings (SSSR count). The Morgan fingerprint density at radius 2 is 2.14 bits per heavy atom. The summed E-state index contributed by atoms with van der Waals surface area (Å²) in [6.45, 7) is 0. The standard InChI is InChI=1S/C16H11NO4S/c18-11-4-1-3-10(7-11)8-14-16(20)17-15(22-14)9-12(19)13-5-2-6-21-13/h1-9,18H,(H,17,20). The van der Waals surface area contributed by atoms with E-state index in [0.717, 1.165) is 11.3 Å². The van der Waals surface area contributed by atoms with Gasteiger partial charge in [-0.25, -0.2) is 0 Å². The van der Waals surface area contributed by atoms with E-state index in [9.17, 15) is 14.7 Å². The number of phenols is 1. The fraction of sp³-hybridized carbons (Fsp3) is 0. The van der Waals surface area contributed by atoms with Crippen LogP contribution >= 0.6 is 11.3 Å². The van der Waals surface area contributed by atoms with E-state index in [0.29, 0.717) is 14.8 Å². The van der Waals surface area contributed by atoms with Gasteiger partial charge in [-0.15, -0.1) is 11.3 Å². The highest BCUT2D eigenvalue weighted by molar-refractivity contribution is 7.07. The highest BCUT2D eigenvalue weighted by atomic mass is 32.1. The molecular formula is C16H11NO4S. The molecule has 0 amide bonds. The number of nitrogens with one attached hydrogen (secondary N) is 1. The van der Waals surface area contributed by atoms with Crippen molar-refractivity contribution < 1.29 is 14.3 Å². The lowest BCUT2D eigenvalue weighted by molar-refractivity contribution is 0.103. The zero-order valence-electron chi connectivity index (χ0n) is 11.3. The van der Waals surface area contributed by atoms with Gasteiger partial charge < -0.3 is 14.5 Å². The summed E-state index contributed by atoms with van der Waals surface area (Å²) in [7, 11) is 0. The smallest absolute Gasteiger partial charge is 0.266 e. The normalized spacial score (nSPS) is 12.7. The third-order valence-corrected chi connectivity index (χ3v) is 3.84. The van der Waals surface area contributed by atoms with Gasteiger partial charge in [-0.05, 0) is 35.9 Å². The Hall–Kier alpha value is -2.86. The summed E-state index contributed by atoms with van der Waals surface area (Å²) in [4.78, 5) is 26.4. The van der Waals surface area contributed by atoms with Crippen molar-refractivity contribution in [2.75, 3.05) is 0 Å². The Balaban J connectivity index is 2.01. The van der Waals surface area contributed by atoms with Crippen molar-refractivity contribution in [2.45, 2.75) is 0 Å². The van der Waals surface area contributed by atoms with Gasteiger partial charge in [-0.1, -0.05) is 12.1 Å². The third-order valence-electron chi connectivity index (χ3n) is 2.87. The first-order valence-electron chi connectivity index (χ1n) is 6.41. The topological polar surface area (TPSA) is 83.3 Å².